The maximum Gasteiger partial charge on any atom is 0.184 e. The van der Waals surface area contributed by atoms with Gasteiger partial charge in [-0.3, -0.25) is 4.99 Å². The number of nitrogens with zero attached hydrogens (tertiary/aromatic N) is 1. The molecule has 1 aromatic rings. The summed E-state index contributed by atoms with van der Waals surface area (Å²) in [5.41, 5.74) is 1.23. The number of rotatable bonds is 3. The first-order chi connectivity index (χ1) is 8.42. The van der Waals surface area contributed by atoms with E-state index in [1.54, 1.807) is 0 Å². The molecule has 90 valence electrons. The van der Waals surface area contributed by atoms with Gasteiger partial charge < -0.3 is 10.1 Å². The van der Waals surface area contributed by atoms with Crippen LogP contribution in [0.1, 0.15) is 24.5 Å². The Morgan fingerprint density at radius 2 is 2.18 bits per heavy atom. The number of benzene rings is 1. The van der Waals surface area contributed by atoms with E-state index in [1.807, 2.05) is 6.07 Å². The molecule has 2 aliphatic rings. The monoisotopic (exact) mass is 230 g/mol. The summed E-state index contributed by atoms with van der Waals surface area (Å²) in [6.07, 6.45) is 2.38. The van der Waals surface area contributed by atoms with Crippen molar-refractivity contribution in [3.05, 3.63) is 35.9 Å². The first-order valence-corrected chi connectivity index (χ1v) is 6.37. The fourth-order valence-electron chi connectivity index (χ4n) is 2.51. The first-order valence-electron chi connectivity index (χ1n) is 6.37. The van der Waals surface area contributed by atoms with Crippen molar-refractivity contribution in [3.63, 3.8) is 0 Å². The molecule has 1 saturated heterocycles. The lowest BCUT2D eigenvalue weighted by Crippen LogP contribution is -2.13. The molecule has 1 N–H and O–H groups in total. The summed E-state index contributed by atoms with van der Waals surface area (Å²) in [6.45, 7) is 3.03. The molecule has 17 heavy (non-hydrogen) atoms. The highest BCUT2D eigenvalue weighted by molar-refractivity contribution is 5.78. The third-order valence-electron chi connectivity index (χ3n) is 3.51. The van der Waals surface area contributed by atoms with E-state index < -0.39 is 0 Å². The van der Waals surface area contributed by atoms with E-state index in [-0.39, 0.29) is 6.10 Å². The second-order valence-corrected chi connectivity index (χ2v) is 4.81. The first kappa shape index (κ1) is 10.8. The van der Waals surface area contributed by atoms with Crippen molar-refractivity contribution in [2.24, 2.45) is 10.9 Å². The van der Waals surface area contributed by atoms with Gasteiger partial charge in [0.1, 0.15) is 6.10 Å². The summed E-state index contributed by atoms with van der Waals surface area (Å²) in [5.74, 6) is 1.66. The number of aliphatic imine (C=N–C) groups is 1. The van der Waals surface area contributed by atoms with Crippen LogP contribution in [0, 0.1) is 5.92 Å². The fraction of sp³-hybridized carbons (Fsp3) is 0.500. The summed E-state index contributed by atoms with van der Waals surface area (Å²) < 4.78 is 5.93. The molecule has 2 atom stereocenters. The average Bonchev–Trinajstić information content (AvgIpc) is 3.02. The van der Waals surface area contributed by atoms with E-state index in [1.165, 1.54) is 12.0 Å². The zero-order valence-corrected chi connectivity index (χ0v) is 9.93. The molecule has 0 spiro atoms. The molecule has 0 aromatic heterocycles. The summed E-state index contributed by atoms with van der Waals surface area (Å²) in [7, 11) is 0. The van der Waals surface area contributed by atoms with Crippen LogP contribution in [0.2, 0.25) is 0 Å². The van der Waals surface area contributed by atoms with Gasteiger partial charge in [0, 0.05) is 6.42 Å². The third kappa shape index (κ3) is 2.50. The third-order valence-corrected chi connectivity index (χ3v) is 3.51. The van der Waals surface area contributed by atoms with Crippen molar-refractivity contribution in [2.75, 3.05) is 19.6 Å². The van der Waals surface area contributed by atoms with Gasteiger partial charge in [-0.25, -0.2) is 0 Å². The molecule has 2 unspecified atom stereocenters. The lowest BCUT2D eigenvalue weighted by atomic mass is 10.1. The standard InChI is InChI=1S/C14H18N2O/c1-2-4-12(5-3-1)13-10-16-14(17-13)8-11-6-7-15-9-11/h1-5,11,13,15H,6-10H2. The maximum atomic E-state index is 5.93. The van der Waals surface area contributed by atoms with Crippen LogP contribution in [0.15, 0.2) is 35.3 Å². The summed E-state index contributed by atoms with van der Waals surface area (Å²) >= 11 is 0. The lowest BCUT2D eigenvalue weighted by molar-refractivity contribution is 0.220. The van der Waals surface area contributed by atoms with Crippen LogP contribution in [-0.4, -0.2) is 25.5 Å². The molecule has 0 amide bonds. The Bertz CT molecular complexity index is 396. The van der Waals surface area contributed by atoms with E-state index >= 15 is 0 Å². The Morgan fingerprint density at radius 1 is 1.29 bits per heavy atom. The molecule has 3 rings (SSSR count). The molecular weight excluding hydrogens is 212 g/mol. The molecule has 2 heterocycles. The molecule has 3 heteroatoms. The Labute approximate surface area is 102 Å². The van der Waals surface area contributed by atoms with E-state index in [0.717, 1.165) is 32.0 Å². The summed E-state index contributed by atoms with van der Waals surface area (Å²) in [4.78, 5) is 4.52. The van der Waals surface area contributed by atoms with Crippen molar-refractivity contribution in [2.45, 2.75) is 18.9 Å². The van der Waals surface area contributed by atoms with Crippen molar-refractivity contribution < 1.29 is 4.74 Å². The highest BCUT2D eigenvalue weighted by Gasteiger charge is 2.24. The van der Waals surface area contributed by atoms with E-state index in [2.05, 4.69) is 34.6 Å². The van der Waals surface area contributed by atoms with Gasteiger partial charge in [-0.15, -0.1) is 0 Å². The van der Waals surface area contributed by atoms with Crippen molar-refractivity contribution >= 4 is 5.90 Å². The van der Waals surface area contributed by atoms with Gasteiger partial charge in [0.2, 0.25) is 0 Å². The average molecular weight is 230 g/mol. The molecule has 1 fully saturated rings. The van der Waals surface area contributed by atoms with E-state index in [0.29, 0.717) is 5.92 Å². The minimum Gasteiger partial charge on any atom is -0.471 e. The highest BCUT2D eigenvalue weighted by Crippen LogP contribution is 2.25. The van der Waals surface area contributed by atoms with Crippen molar-refractivity contribution in [1.82, 2.24) is 5.32 Å². The molecule has 0 bridgehead atoms. The van der Waals surface area contributed by atoms with Crippen molar-refractivity contribution in [3.8, 4) is 0 Å². The molecule has 0 saturated carbocycles. The van der Waals surface area contributed by atoms with Crippen LogP contribution in [0.5, 0.6) is 0 Å². The number of ether oxygens (including phenoxy) is 1. The quantitative estimate of drug-likeness (QED) is 0.863. The van der Waals surface area contributed by atoms with Crippen LogP contribution in [0.3, 0.4) is 0 Å². The van der Waals surface area contributed by atoms with Gasteiger partial charge in [-0.2, -0.15) is 0 Å². The van der Waals surface area contributed by atoms with Crippen LogP contribution >= 0.6 is 0 Å². The second kappa shape index (κ2) is 4.88. The molecule has 1 aromatic carbocycles. The summed E-state index contributed by atoms with van der Waals surface area (Å²) in [5, 5.41) is 3.38. The van der Waals surface area contributed by atoms with Gasteiger partial charge in [0.25, 0.3) is 0 Å². The minimum absolute atomic E-state index is 0.139. The van der Waals surface area contributed by atoms with Gasteiger partial charge in [-0.05, 0) is 31.0 Å². The summed E-state index contributed by atoms with van der Waals surface area (Å²) in [6, 6.07) is 10.4. The molecule has 3 nitrogen and oxygen atoms in total. The smallest absolute Gasteiger partial charge is 0.184 e. The van der Waals surface area contributed by atoms with Gasteiger partial charge >= 0.3 is 0 Å². The SMILES string of the molecule is c1ccc(C2CN=C(CC3CCNC3)O2)cc1. The largest absolute Gasteiger partial charge is 0.471 e. The molecule has 2 aliphatic heterocycles. The Balaban J connectivity index is 1.57. The van der Waals surface area contributed by atoms with E-state index in [9.17, 15) is 0 Å². The van der Waals surface area contributed by atoms with Crippen molar-refractivity contribution in [1.29, 1.82) is 0 Å². The molecule has 0 aliphatic carbocycles. The van der Waals surface area contributed by atoms with Gasteiger partial charge in [0.05, 0.1) is 6.54 Å². The Kier molecular flexibility index (Phi) is 3.10. The predicted molar refractivity (Wildman–Crippen MR) is 68.2 cm³/mol. The van der Waals surface area contributed by atoms with E-state index in [4.69, 9.17) is 4.74 Å². The fourth-order valence-corrected chi connectivity index (χ4v) is 2.51. The van der Waals surface area contributed by atoms with Crippen LogP contribution in [0.4, 0.5) is 0 Å². The number of hydrogen-bond acceptors (Lipinski definition) is 3. The van der Waals surface area contributed by atoms with Crippen LogP contribution < -0.4 is 5.32 Å². The minimum atomic E-state index is 0.139. The predicted octanol–water partition coefficient (Wildman–Crippen LogP) is 2.16. The Hall–Kier alpha value is -1.35. The maximum absolute atomic E-state index is 5.93. The van der Waals surface area contributed by atoms with Gasteiger partial charge in [0.15, 0.2) is 5.90 Å². The zero-order valence-electron chi connectivity index (χ0n) is 9.93. The van der Waals surface area contributed by atoms with Crippen LogP contribution in [0.25, 0.3) is 0 Å². The zero-order chi connectivity index (χ0) is 11.5. The molecule has 0 radical (unpaired) electrons. The Morgan fingerprint density at radius 3 is 2.94 bits per heavy atom. The normalized spacial score (nSPS) is 27.9. The topological polar surface area (TPSA) is 33.6 Å². The highest BCUT2D eigenvalue weighted by atomic mass is 16.5. The lowest BCUT2D eigenvalue weighted by Gasteiger charge is -2.13. The molecular formula is C14H18N2O. The number of nitrogens with one attached hydrogen (secondary N) is 1. The van der Waals surface area contributed by atoms with Gasteiger partial charge in [-0.1, -0.05) is 30.3 Å². The van der Waals surface area contributed by atoms with Crippen LogP contribution in [-0.2, 0) is 4.74 Å². The second-order valence-electron chi connectivity index (χ2n) is 4.81. The number of hydrogen-bond donors (Lipinski definition) is 1.